The van der Waals surface area contributed by atoms with E-state index in [-0.39, 0.29) is 18.1 Å². The number of hydrogen-bond donors (Lipinski definition) is 1. The zero-order valence-electron chi connectivity index (χ0n) is 15.7. The van der Waals surface area contributed by atoms with Crippen molar-refractivity contribution in [3.8, 4) is 0 Å². The molecule has 0 fully saturated rings. The summed E-state index contributed by atoms with van der Waals surface area (Å²) in [4.78, 5) is 17.1. The lowest BCUT2D eigenvalue weighted by Crippen LogP contribution is -2.47. The van der Waals surface area contributed by atoms with E-state index in [2.05, 4.69) is 41.4 Å². The second-order valence-corrected chi connectivity index (χ2v) is 7.00. The fourth-order valence-corrected chi connectivity index (χ4v) is 3.61. The Labute approximate surface area is 149 Å². The first kappa shape index (κ1) is 17.3. The Bertz CT molecular complexity index is 769. The van der Waals surface area contributed by atoms with Gasteiger partial charge in [0.05, 0.1) is 11.7 Å². The minimum absolute atomic E-state index is 0.0339. The third-order valence-electron chi connectivity index (χ3n) is 4.93. The molecule has 6 nitrogen and oxygen atoms in total. The number of amides is 2. The number of rotatable bonds is 2. The highest BCUT2D eigenvalue weighted by Gasteiger charge is 2.28. The number of benzene rings is 1. The topological polar surface area (TPSA) is 53.4 Å². The number of carbonyl (C=O) groups is 1. The average molecular weight is 341 g/mol. The maximum absolute atomic E-state index is 12.9. The molecule has 2 atom stereocenters. The molecule has 0 spiro atoms. The molecule has 1 aromatic heterocycles. The number of nitrogens with one attached hydrogen (secondary N) is 1. The van der Waals surface area contributed by atoms with E-state index < -0.39 is 0 Å². The van der Waals surface area contributed by atoms with Crippen LogP contribution in [0.3, 0.4) is 0 Å². The minimum atomic E-state index is -0.0790. The van der Waals surface area contributed by atoms with Crippen LogP contribution in [-0.4, -0.2) is 40.3 Å². The Balaban J connectivity index is 1.78. The zero-order chi connectivity index (χ0) is 18.1. The monoisotopic (exact) mass is 341 g/mol. The summed E-state index contributed by atoms with van der Waals surface area (Å²) in [5.74, 6) is 0. The maximum atomic E-state index is 12.9. The van der Waals surface area contributed by atoms with Gasteiger partial charge in [-0.25, -0.2) is 4.79 Å². The van der Waals surface area contributed by atoms with E-state index in [4.69, 9.17) is 0 Å². The molecule has 1 aromatic carbocycles. The van der Waals surface area contributed by atoms with Gasteiger partial charge in [0.1, 0.15) is 0 Å². The summed E-state index contributed by atoms with van der Waals surface area (Å²) in [6, 6.07) is 8.30. The predicted molar refractivity (Wildman–Crippen MR) is 99.6 cm³/mol. The SMILES string of the molecule is Cc1nn(C)cc1[C@H](C)NC(=O)N1Cc2ccccc2N(C)C[C@H]1C. The lowest BCUT2D eigenvalue weighted by Gasteiger charge is -2.30. The highest BCUT2D eigenvalue weighted by Crippen LogP contribution is 2.26. The van der Waals surface area contributed by atoms with Gasteiger partial charge < -0.3 is 15.1 Å². The van der Waals surface area contributed by atoms with Gasteiger partial charge in [0.2, 0.25) is 0 Å². The van der Waals surface area contributed by atoms with Crippen molar-refractivity contribution in [3.05, 3.63) is 47.3 Å². The fourth-order valence-electron chi connectivity index (χ4n) is 3.61. The number of fused-ring (bicyclic) bond motifs is 1. The van der Waals surface area contributed by atoms with Crippen molar-refractivity contribution in [2.75, 3.05) is 18.5 Å². The zero-order valence-corrected chi connectivity index (χ0v) is 15.7. The first-order valence-electron chi connectivity index (χ1n) is 8.73. The number of aryl methyl sites for hydroxylation is 2. The summed E-state index contributed by atoms with van der Waals surface area (Å²) in [6.45, 7) is 7.50. The third kappa shape index (κ3) is 3.48. The van der Waals surface area contributed by atoms with Crippen LogP contribution in [-0.2, 0) is 13.6 Å². The van der Waals surface area contributed by atoms with Crippen LogP contribution in [0, 0.1) is 6.92 Å². The highest BCUT2D eigenvalue weighted by molar-refractivity contribution is 5.76. The molecule has 1 aliphatic rings. The molecule has 1 aliphatic heterocycles. The highest BCUT2D eigenvalue weighted by atomic mass is 16.2. The Morgan fingerprint density at radius 3 is 2.72 bits per heavy atom. The molecule has 0 saturated carbocycles. The lowest BCUT2D eigenvalue weighted by atomic mass is 10.1. The quantitative estimate of drug-likeness (QED) is 0.914. The Morgan fingerprint density at radius 2 is 2.04 bits per heavy atom. The summed E-state index contributed by atoms with van der Waals surface area (Å²) < 4.78 is 1.78. The number of likely N-dealkylation sites (N-methyl/N-ethyl adjacent to an activating group) is 1. The molecular formula is C19H27N5O. The summed E-state index contributed by atoms with van der Waals surface area (Å²) in [6.07, 6.45) is 1.97. The Hall–Kier alpha value is -2.50. The van der Waals surface area contributed by atoms with E-state index in [1.807, 2.05) is 44.1 Å². The molecule has 2 aromatic rings. The summed E-state index contributed by atoms with van der Waals surface area (Å²) in [5, 5.41) is 7.51. The fraction of sp³-hybridized carbons (Fsp3) is 0.474. The van der Waals surface area contributed by atoms with Crippen LogP contribution in [0.25, 0.3) is 0 Å². The number of hydrogen-bond acceptors (Lipinski definition) is 3. The van der Waals surface area contributed by atoms with Crippen LogP contribution in [0.2, 0.25) is 0 Å². The number of para-hydroxylation sites is 1. The van der Waals surface area contributed by atoms with Crippen molar-refractivity contribution < 1.29 is 4.79 Å². The van der Waals surface area contributed by atoms with E-state index in [9.17, 15) is 4.79 Å². The van der Waals surface area contributed by atoms with E-state index >= 15 is 0 Å². The van der Waals surface area contributed by atoms with Gasteiger partial charge in [0.15, 0.2) is 0 Å². The van der Waals surface area contributed by atoms with Crippen LogP contribution in [0.5, 0.6) is 0 Å². The van der Waals surface area contributed by atoms with Gasteiger partial charge in [-0.15, -0.1) is 0 Å². The second kappa shape index (κ2) is 6.78. The van der Waals surface area contributed by atoms with Crippen molar-refractivity contribution in [2.24, 2.45) is 7.05 Å². The number of carbonyl (C=O) groups excluding carboxylic acids is 1. The van der Waals surface area contributed by atoms with Gasteiger partial charge in [0, 0.05) is 50.7 Å². The molecular weight excluding hydrogens is 314 g/mol. The van der Waals surface area contributed by atoms with Gasteiger partial charge in [-0.3, -0.25) is 4.68 Å². The Kier molecular flexibility index (Phi) is 4.70. The van der Waals surface area contributed by atoms with Crippen LogP contribution >= 0.6 is 0 Å². The normalized spacial score (nSPS) is 18.5. The van der Waals surface area contributed by atoms with Crippen LogP contribution in [0.1, 0.15) is 36.7 Å². The van der Waals surface area contributed by atoms with E-state index in [0.717, 1.165) is 17.8 Å². The number of urea groups is 1. The summed E-state index contributed by atoms with van der Waals surface area (Å²) in [5.41, 5.74) is 4.37. The molecule has 0 radical (unpaired) electrons. The number of anilines is 1. The molecule has 0 aliphatic carbocycles. The average Bonchev–Trinajstić information content (AvgIpc) is 2.84. The smallest absolute Gasteiger partial charge is 0.318 e. The summed E-state index contributed by atoms with van der Waals surface area (Å²) >= 11 is 0. The molecule has 2 heterocycles. The Morgan fingerprint density at radius 1 is 1.32 bits per heavy atom. The second-order valence-electron chi connectivity index (χ2n) is 7.00. The third-order valence-corrected chi connectivity index (χ3v) is 4.93. The van der Waals surface area contributed by atoms with Gasteiger partial charge in [0.25, 0.3) is 0 Å². The lowest BCUT2D eigenvalue weighted by molar-refractivity contribution is 0.175. The van der Waals surface area contributed by atoms with Gasteiger partial charge in [-0.05, 0) is 32.4 Å². The van der Waals surface area contributed by atoms with Gasteiger partial charge >= 0.3 is 6.03 Å². The van der Waals surface area contributed by atoms with Crippen molar-refractivity contribution in [2.45, 2.75) is 39.4 Å². The van der Waals surface area contributed by atoms with Crippen molar-refractivity contribution in [3.63, 3.8) is 0 Å². The largest absolute Gasteiger partial charge is 0.372 e. The number of aromatic nitrogens is 2. The van der Waals surface area contributed by atoms with Crippen LogP contribution in [0.15, 0.2) is 30.5 Å². The predicted octanol–water partition coefficient (Wildman–Crippen LogP) is 2.84. The molecule has 0 unspecified atom stereocenters. The number of nitrogens with zero attached hydrogens (tertiary/aromatic N) is 4. The van der Waals surface area contributed by atoms with Crippen LogP contribution in [0.4, 0.5) is 10.5 Å². The van der Waals surface area contributed by atoms with Crippen molar-refractivity contribution in [1.29, 1.82) is 0 Å². The first-order chi connectivity index (χ1) is 11.9. The molecule has 3 rings (SSSR count). The molecule has 0 bridgehead atoms. The summed E-state index contributed by atoms with van der Waals surface area (Å²) in [7, 11) is 3.98. The van der Waals surface area contributed by atoms with E-state index in [1.165, 1.54) is 11.3 Å². The van der Waals surface area contributed by atoms with E-state index in [0.29, 0.717) is 6.54 Å². The van der Waals surface area contributed by atoms with E-state index in [1.54, 1.807) is 4.68 Å². The van der Waals surface area contributed by atoms with Crippen LogP contribution < -0.4 is 10.2 Å². The first-order valence-corrected chi connectivity index (χ1v) is 8.73. The van der Waals surface area contributed by atoms with Crippen molar-refractivity contribution >= 4 is 11.7 Å². The van der Waals surface area contributed by atoms with Gasteiger partial charge in [-0.1, -0.05) is 18.2 Å². The molecule has 134 valence electrons. The van der Waals surface area contributed by atoms with Crippen molar-refractivity contribution in [1.82, 2.24) is 20.0 Å². The standard InChI is InChI=1S/C19H27N5O/c1-13-10-22(4)18-9-7-6-8-16(18)11-24(13)19(25)20-14(2)17-12-23(5)21-15(17)3/h6-9,12-14H,10-11H2,1-5H3,(H,20,25)/t13-,14+/m1/s1. The molecule has 25 heavy (non-hydrogen) atoms. The minimum Gasteiger partial charge on any atom is -0.372 e. The molecule has 1 N–H and O–H groups in total. The maximum Gasteiger partial charge on any atom is 0.318 e. The molecule has 6 heteroatoms. The molecule has 0 saturated heterocycles. The molecule has 2 amide bonds. The van der Waals surface area contributed by atoms with Gasteiger partial charge in [-0.2, -0.15) is 5.10 Å².